The number of nitrogens with one attached hydrogen (secondary N) is 1. The SMILES string of the molecule is Cc1nc(-c2ccc(F)cc2)sc1C(=O)N1CCC([C@H](C)C(=O)NC2CC2)CC1. The van der Waals surface area contributed by atoms with Crippen LogP contribution in [0.4, 0.5) is 4.39 Å². The second kappa shape index (κ2) is 8.22. The van der Waals surface area contributed by atoms with Crippen LogP contribution in [0.25, 0.3) is 10.6 Å². The Kier molecular flexibility index (Phi) is 5.67. The van der Waals surface area contributed by atoms with E-state index in [0.29, 0.717) is 35.6 Å². The third kappa shape index (κ3) is 4.50. The second-order valence-electron chi connectivity index (χ2n) is 8.14. The van der Waals surface area contributed by atoms with E-state index < -0.39 is 0 Å². The Morgan fingerprint density at radius 1 is 1.17 bits per heavy atom. The number of carbonyl (C=O) groups excluding carboxylic acids is 2. The molecule has 1 atom stereocenters. The van der Waals surface area contributed by atoms with Crippen LogP contribution < -0.4 is 5.32 Å². The molecule has 2 amide bonds. The maximum absolute atomic E-state index is 13.2. The van der Waals surface area contributed by atoms with Crippen molar-refractivity contribution in [2.45, 2.75) is 45.6 Å². The molecule has 1 aromatic heterocycles. The molecule has 2 heterocycles. The molecule has 0 bridgehead atoms. The molecule has 0 unspecified atom stereocenters. The number of carbonyl (C=O) groups is 2. The van der Waals surface area contributed by atoms with Gasteiger partial charge in [-0.2, -0.15) is 0 Å². The lowest BCUT2D eigenvalue weighted by Gasteiger charge is -2.34. The lowest BCUT2D eigenvalue weighted by molar-refractivity contribution is -0.126. The van der Waals surface area contributed by atoms with Gasteiger partial charge in [0.1, 0.15) is 15.7 Å². The summed E-state index contributed by atoms with van der Waals surface area (Å²) in [7, 11) is 0. The molecular formula is C22H26FN3O2S. The molecule has 1 saturated carbocycles. The monoisotopic (exact) mass is 415 g/mol. The number of thiazole rings is 1. The first-order chi connectivity index (χ1) is 13.9. The number of piperidine rings is 1. The topological polar surface area (TPSA) is 62.3 Å². The highest BCUT2D eigenvalue weighted by Gasteiger charge is 2.33. The van der Waals surface area contributed by atoms with E-state index in [2.05, 4.69) is 10.3 Å². The molecule has 4 rings (SSSR count). The molecule has 2 aliphatic rings. The third-order valence-corrected chi connectivity index (χ3v) is 7.15. The van der Waals surface area contributed by atoms with E-state index in [1.165, 1.54) is 23.5 Å². The predicted molar refractivity (Wildman–Crippen MR) is 111 cm³/mol. The quantitative estimate of drug-likeness (QED) is 0.802. The summed E-state index contributed by atoms with van der Waals surface area (Å²) in [4.78, 5) is 32.4. The summed E-state index contributed by atoms with van der Waals surface area (Å²) < 4.78 is 13.2. The molecule has 29 heavy (non-hydrogen) atoms. The number of halogens is 1. The minimum atomic E-state index is -0.291. The number of benzene rings is 1. The van der Waals surface area contributed by atoms with E-state index in [4.69, 9.17) is 0 Å². The minimum absolute atomic E-state index is 0.00176. The highest BCUT2D eigenvalue weighted by Crippen LogP contribution is 2.31. The van der Waals surface area contributed by atoms with Crippen molar-refractivity contribution in [2.24, 2.45) is 11.8 Å². The summed E-state index contributed by atoms with van der Waals surface area (Å²) in [6, 6.07) is 6.55. The van der Waals surface area contributed by atoms with E-state index >= 15 is 0 Å². The van der Waals surface area contributed by atoms with Crippen molar-refractivity contribution in [3.8, 4) is 10.6 Å². The molecule has 1 aliphatic heterocycles. The van der Waals surface area contributed by atoms with E-state index in [9.17, 15) is 14.0 Å². The normalized spacial score (nSPS) is 18.5. The average molecular weight is 416 g/mol. The van der Waals surface area contributed by atoms with Crippen molar-refractivity contribution in [1.82, 2.24) is 15.2 Å². The molecule has 1 aromatic carbocycles. The Morgan fingerprint density at radius 2 is 1.83 bits per heavy atom. The van der Waals surface area contributed by atoms with Crippen molar-refractivity contribution >= 4 is 23.2 Å². The zero-order valence-corrected chi connectivity index (χ0v) is 17.6. The number of hydrogen-bond acceptors (Lipinski definition) is 4. The predicted octanol–water partition coefficient (Wildman–Crippen LogP) is 4.02. The van der Waals surface area contributed by atoms with Crippen molar-refractivity contribution in [3.63, 3.8) is 0 Å². The molecule has 0 radical (unpaired) electrons. The zero-order valence-electron chi connectivity index (χ0n) is 16.8. The van der Waals surface area contributed by atoms with Crippen molar-refractivity contribution < 1.29 is 14.0 Å². The molecule has 1 saturated heterocycles. The largest absolute Gasteiger partial charge is 0.353 e. The van der Waals surface area contributed by atoms with Gasteiger partial charge in [0.25, 0.3) is 5.91 Å². The molecule has 2 fully saturated rings. The van der Waals surface area contributed by atoms with E-state index in [0.717, 1.165) is 36.3 Å². The first kappa shape index (κ1) is 20.0. The summed E-state index contributed by atoms with van der Waals surface area (Å²) in [5.74, 6) is 0.167. The van der Waals surface area contributed by atoms with Crippen LogP contribution >= 0.6 is 11.3 Å². The van der Waals surface area contributed by atoms with Gasteiger partial charge in [0.15, 0.2) is 0 Å². The number of aryl methyl sites for hydroxylation is 1. The standard InChI is InChI=1S/C22H26FN3O2S/c1-13(20(27)25-18-7-8-18)15-9-11-26(12-10-15)22(28)19-14(2)24-21(29-19)16-3-5-17(23)6-4-16/h3-6,13,15,18H,7-12H2,1-2H3,(H,25,27)/t13-/m0/s1. The summed E-state index contributed by atoms with van der Waals surface area (Å²) >= 11 is 1.36. The number of hydrogen-bond donors (Lipinski definition) is 1. The van der Waals surface area contributed by atoms with Crippen molar-refractivity contribution in [3.05, 3.63) is 40.7 Å². The van der Waals surface area contributed by atoms with Crippen LogP contribution in [0.5, 0.6) is 0 Å². The number of aromatic nitrogens is 1. The van der Waals surface area contributed by atoms with E-state index in [-0.39, 0.29) is 23.5 Å². The Hall–Kier alpha value is -2.28. The van der Waals surface area contributed by atoms with Crippen LogP contribution in [-0.2, 0) is 4.79 Å². The second-order valence-corrected chi connectivity index (χ2v) is 9.14. The lowest BCUT2D eigenvalue weighted by Crippen LogP contribution is -2.43. The van der Waals surface area contributed by atoms with Crippen LogP contribution in [-0.4, -0.2) is 40.8 Å². The first-order valence-electron chi connectivity index (χ1n) is 10.3. The van der Waals surface area contributed by atoms with Gasteiger partial charge in [-0.05, 0) is 62.8 Å². The van der Waals surface area contributed by atoms with Crippen molar-refractivity contribution in [1.29, 1.82) is 0 Å². The fourth-order valence-electron chi connectivity index (χ4n) is 3.83. The average Bonchev–Trinajstić information content (AvgIpc) is 3.46. The zero-order chi connectivity index (χ0) is 20.5. The van der Waals surface area contributed by atoms with Gasteiger partial charge >= 0.3 is 0 Å². The van der Waals surface area contributed by atoms with E-state index in [1.54, 1.807) is 12.1 Å². The summed E-state index contributed by atoms with van der Waals surface area (Å²) in [5.41, 5.74) is 1.52. The Morgan fingerprint density at radius 3 is 2.45 bits per heavy atom. The summed E-state index contributed by atoms with van der Waals surface area (Å²) in [5, 5.41) is 3.82. The van der Waals surface area contributed by atoms with Crippen LogP contribution in [0.2, 0.25) is 0 Å². The summed E-state index contributed by atoms with van der Waals surface area (Å²) in [6.45, 7) is 5.16. The van der Waals surface area contributed by atoms with Crippen LogP contribution in [0.1, 0.15) is 48.0 Å². The van der Waals surface area contributed by atoms with Gasteiger partial charge in [-0.15, -0.1) is 11.3 Å². The minimum Gasteiger partial charge on any atom is -0.353 e. The Balaban J connectivity index is 1.38. The summed E-state index contributed by atoms with van der Waals surface area (Å²) in [6.07, 6.45) is 3.88. The van der Waals surface area contributed by atoms with Crippen LogP contribution in [0.15, 0.2) is 24.3 Å². The number of rotatable bonds is 5. The molecule has 154 valence electrons. The number of nitrogens with zero attached hydrogens (tertiary/aromatic N) is 2. The van der Waals surface area contributed by atoms with Gasteiger partial charge in [-0.3, -0.25) is 9.59 Å². The maximum Gasteiger partial charge on any atom is 0.265 e. The molecule has 5 nitrogen and oxygen atoms in total. The first-order valence-corrected chi connectivity index (χ1v) is 11.1. The van der Waals surface area contributed by atoms with Gasteiger partial charge < -0.3 is 10.2 Å². The van der Waals surface area contributed by atoms with Gasteiger partial charge in [0.05, 0.1) is 5.69 Å². The Bertz CT molecular complexity index is 899. The van der Waals surface area contributed by atoms with Gasteiger partial charge in [-0.1, -0.05) is 6.92 Å². The fraction of sp³-hybridized carbons (Fsp3) is 0.500. The Labute approximate surface area is 174 Å². The maximum atomic E-state index is 13.2. The van der Waals surface area contributed by atoms with Gasteiger partial charge in [0.2, 0.25) is 5.91 Å². The number of amides is 2. The third-order valence-electron chi connectivity index (χ3n) is 5.95. The highest BCUT2D eigenvalue weighted by molar-refractivity contribution is 7.17. The van der Waals surface area contributed by atoms with Crippen LogP contribution in [0.3, 0.4) is 0 Å². The molecular weight excluding hydrogens is 389 g/mol. The van der Waals surface area contributed by atoms with Crippen LogP contribution in [0, 0.1) is 24.6 Å². The van der Waals surface area contributed by atoms with E-state index in [1.807, 2.05) is 18.7 Å². The fourth-order valence-corrected chi connectivity index (χ4v) is 4.87. The molecule has 1 aliphatic carbocycles. The molecule has 1 N–H and O–H groups in total. The highest BCUT2D eigenvalue weighted by atomic mass is 32.1. The van der Waals surface area contributed by atoms with Gasteiger partial charge in [0, 0.05) is 30.6 Å². The van der Waals surface area contributed by atoms with Gasteiger partial charge in [-0.25, -0.2) is 9.37 Å². The molecule has 0 spiro atoms. The molecule has 7 heteroatoms. The van der Waals surface area contributed by atoms with Crippen molar-refractivity contribution in [2.75, 3.05) is 13.1 Å². The lowest BCUT2D eigenvalue weighted by atomic mass is 9.84. The molecule has 2 aromatic rings. The number of likely N-dealkylation sites (tertiary alicyclic amines) is 1. The smallest absolute Gasteiger partial charge is 0.265 e.